The number of nitrogens with zero attached hydrogens (tertiary/aromatic N) is 1. The third kappa shape index (κ3) is 3.09. The van der Waals surface area contributed by atoms with Gasteiger partial charge in [-0.15, -0.1) is 0 Å². The van der Waals surface area contributed by atoms with Crippen molar-refractivity contribution in [2.24, 2.45) is 0 Å². The number of hydrogen-bond acceptors (Lipinski definition) is 3. The molecule has 1 saturated heterocycles. The Labute approximate surface area is 108 Å². The maximum absolute atomic E-state index is 11.9. The van der Waals surface area contributed by atoms with Crippen molar-refractivity contribution in [1.82, 2.24) is 4.31 Å². The molecule has 5 heteroatoms. The summed E-state index contributed by atoms with van der Waals surface area (Å²) in [5, 5.41) is 4.27. The maximum atomic E-state index is 11.9. The second-order valence-electron chi connectivity index (χ2n) is 4.55. The van der Waals surface area contributed by atoms with Crippen molar-refractivity contribution in [1.29, 1.82) is 0 Å². The second-order valence-corrected chi connectivity index (χ2v) is 7.41. The van der Waals surface area contributed by atoms with E-state index in [9.17, 15) is 8.42 Å². The van der Waals surface area contributed by atoms with Gasteiger partial charge >= 0.3 is 0 Å². The number of rotatable bonds is 4. The van der Waals surface area contributed by atoms with Gasteiger partial charge in [0.25, 0.3) is 0 Å². The van der Waals surface area contributed by atoms with E-state index in [4.69, 9.17) is 0 Å². The Balaban J connectivity index is 1.94. The minimum Gasteiger partial charge on any atom is -0.212 e. The highest BCUT2D eigenvalue weighted by Crippen LogP contribution is 2.30. The molecule has 2 rings (SSSR count). The SMILES string of the molecule is CCCS(=O)(=O)N1CCC(c2ccsc2)CC1. The molecule has 0 atom stereocenters. The van der Waals surface area contributed by atoms with E-state index < -0.39 is 10.0 Å². The first kappa shape index (κ1) is 13.1. The summed E-state index contributed by atoms with van der Waals surface area (Å²) in [6.07, 6.45) is 2.62. The highest BCUT2D eigenvalue weighted by Gasteiger charge is 2.27. The van der Waals surface area contributed by atoms with Gasteiger partial charge < -0.3 is 0 Å². The first-order valence-electron chi connectivity index (χ1n) is 6.13. The normalized spacial score (nSPS) is 19.6. The van der Waals surface area contributed by atoms with Crippen LogP contribution >= 0.6 is 11.3 Å². The summed E-state index contributed by atoms with van der Waals surface area (Å²) in [7, 11) is -2.99. The molecular formula is C12H19NO2S2. The van der Waals surface area contributed by atoms with Crippen LogP contribution in [0, 0.1) is 0 Å². The summed E-state index contributed by atoms with van der Waals surface area (Å²) >= 11 is 1.72. The molecule has 17 heavy (non-hydrogen) atoms. The lowest BCUT2D eigenvalue weighted by Gasteiger charge is -2.30. The van der Waals surface area contributed by atoms with E-state index in [1.165, 1.54) is 5.56 Å². The molecule has 3 nitrogen and oxygen atoms in total. The van der Waals surface area contributed by atoms with Crippen LogP contribution in [-0.4, -0.2) is 31.6 Å². The van der Waals surface area contributed by atoms with E-state index in [1.807, 2.05) is 6.92 Å². The van der Waals surface area contributed by atoms with Crippen LogP contribution in [0.4, 0.5) is 0 Å². The molecule has 0 radical (unpaired) electrons. The van der Waals surface area contributed by atoms with E-state index in [0.717, 1.165) is 12.8 Å². The average Bonchev–Trinajstić information content (AvgIpc) is 2.82. The summed E-state index contributed by atoms with van der Waals surface area (Å²) in [5.74, 6) is 0.838. The van der Waals surface area contributed by atoms with Gasteiger partial charge in [-0.05, 0) is 47.6 Å². The monoisotopic (exact) mass is 273 g/mol. The molecule has 2 heterocycles. The molecule has 1 fully saturated rings. The highest BCUT2D eigenvalue weighted by molar-refractivity contribution is 7.89. The Kier molecular flexibility index (Phi) is 4.22. The number of hydrogen-bond donors (Lipinski definition) is 0. The Hall–Kier alpha value is -0.390. The van der Waals surface area contributed by atoms with Gasteiger partial charge in [0.05, 0.1) is 5.75 Å². The van der Waals surface area contributed by atoms with Gasteiger partial charge in [0, 0.05) is 13.1 Å². The molecule has 0 bridgehead atoms. The van der Waals surface area contributed by atoms with Gasteiger partial charge in [0.1, 0.15) is 0 Å². The van der Waals surface area contributed by atoms with Crippen molar-refractivity contribution in [2.45, 2.75) is 32.1 Å². The molecule has 1 aliphatic heterocycles. The topological polar surface area (TPSA) is 37.4 Å². The van der Waals surface area contributed by atoms with Gasteiger partial charge in [0.2, 0.25) is 10.0 Å². The third-order valence-electron chi connectivity index (χ3n) is 3.32. The van der Waals surface area contributed by atoms with Gasteiger partial charge in [0.15, 0.2) is 0 Å². The summed E-state index contributed by atoms with van der Waals surface area (Å²) in [5.41, 5.74) is 1.38. The van der Waals surface area contributed by atoms with Crippen molar-refractivity contribution in [3.63, 3.8) is 0 Å². The minimum atomic E-state index is -2.99. The molecule has 1 aromatic heterocycles. The molecule has 0 aromatic carbocycles. The van der Waals surface area contributed by atoms with Crippen molar-refractivity contribution in [3.05, 3.63) is 22.4 Å². The van der Waals surface area contributed by atoms with E-state index in [-0.39, 0.29) is 5.75 Å². The smallest absolute Gasteiger partial charge is 0.212 e. The minimum absolute atomic E-state index is 0.288. The predicted molar refractivity (Wildman–Crippen MR) is 71.9 cm³/mol. The highest BCUT2D eigenvalue weighted by atomic mass is 32.2. The van der Waals surface area contributed by atoms with Gasteiger partial charge in [-0.1, -0.05) is 6.92 Å². The molecule has 0 N–H and O–H groups in total. The molecule has 0 spiro atoms. The summed E-state index contributed by atoms with van der Waals surface area (Å²) in [4.78, 5) is 0. The molecule has 1 aromatic rings. The maximum Gasteiger partial charge on any atom is 0.214 e. The van der Waals surface area contributed by atoms with E-state index >= 15 is 0 Å². The standard InChI is InChI=1S/C12H19NO2S2/c1-2-9-17(14,15)13-6-3-11(4-7-13)12-5-8-16-10-12/h5,8,10-11H,2-4,6-7,9H2,1H3. The van der Waals surface area contributed by atoms with E-state index in [2.05, 4.69) is 16.8 Å². The Morgan fingerprint density at radius 1 is 1.41 bits per heavy atom. The quantitative estimate of drug-likeness (QED) is 0.846. The molecule has 0 amide bonds. The Bertz CT molecular complexity index is 431. The summed E-state index contributed by atoms with van der Waals surface area (Å²) in [6, 6.07) is 2.16. The molecule has 0 unspecified atom stereocenters. The van der Waals surface area contributed by atoms with E-state index in [1.54, 1.807) is 15.6 Å². The third-order valence-corrected chi connectivity index (χ3v) is 6.10. The summed E-state index contributed by atoms with van der Waals surface area (Å²) < 4.78 is 25.5. The van der Waals surface area contributed by atoms with Crippen LogP contribution in [0.15, 0.2) is 16.8 Å². The molecule has 0 aliphatic carbocycles. The zero-order valence-corrected chi connectivity index (χ0v) is 11.8. The lowest BCUT2D eigenvalue weighted by molar-refractivity contribution is 0.319. The lowest BCUT2D eigenvalue weighted by Crippen LogP contribution is -2.39. The largest absolute Gasteiger partial charge is 0.214 e. The van der Waals surface area contributed by atoms with Crippen molar-refractivity contribution < 1.29 is 8.42 Å². The second kappa shape index (κ2) is 5.50. The zero-order chi connectivity index (χ0) is 12.3. The predicted octanol–water partition coefficient (Wildman–Crippen LogP) is 2.67. The first-order chi connectivity index (χ1) is 8.13. The molecule has 1 aliphatic rings. The first-order valence-corrected chi connectivity index (χ1v) is 8.68. The van der Waals surface area contributed by atoms with Crippen molar-refractivity contribution in [2.75, 3.05) is 18.8 Å². The van der Waals surface area contributed by atoms with Crippen LogP contribution in [0.1, 0.15) is 37.7 Å². The molecular weight excluding hydrogens is 254 g/mol. The van der Waals surface area contributed by atoms with Gasteiger partial charge in [-0.3, -0.25) is 0 Å². The van der Waals surface area contributed by atoms with Crippen LogP contribution in [0.5, 0.6) is 0 Å². The fourth-order valence-corrected chi connectivity index (χ4v) is 4.65. The van der Waals surface area contributed by atoms with Crippen molar-refractivity contribution in [3.8, 4) is 0 Å². The summed E-state index contributed by atoms with van der Waals surface area (Å²) in [6.45, 7) is 3.28. The fraction of sp³-hybridized carbons (Fsp3) is 0.667. The Morgan fingerprint density at radius 2 is 2.12 bits per heavy atom. The van der Waals surface area contributed by atoms with E-state index in [0.29, 0.717) is 25.4 Å². The molecule has 96 valence electrons. The lowest BCUT2D eigenvalue weighted by atomic mass is 9.92. The zero-order valence-electron chi connectivity index (χ0n) is 10.1. The van der Waals surface area contributed by atoms with Crippen LogP contribution in [0.2, 0.25) is 0 Å². The molecule has 0 saturated carbocycles. The number of piperidine rings is 1. The average molecular weight is 273 g/mol. The van der Waals surface area contributed by atoms with Crippen LogP contribution in [0.25, 0.3) is 0 Å². The fourth-order valence-electron chi connectivity index (χ4n) is 2.36. The van der Waals surface area contributed by atoms with Crippen LogP contribution < -0.4 is 0 Å². The van der Waals surface area contributed by atoms with Gasteiger partial charge in [-0.2, -0.15) is 11.3 Å². The Morgan fingerprint density at radius 3 is 2.65 bits per heavy atom. The van der Waals surface area contributed by atoms with Crippen LogP contribution in [-0.2, 0) is 10.0 Å². The van der Waals surface area contributed by atoms with Crippen LogP contribution in [0.3, 0.4) is 0 Å². The van der Waals surface area contributed by atoms with Crippen molar-refractivity contribution >= 4 is 21.4 Å². The number of sulfonamides is 1. The van der Waals surface area contributed by atoms with Gasteiger partial charge in [-0.25, -0.2) is 12.7 Å². The number of thiophene rings is 1.